The molecule has 1 unspecified atom stereocenters. The first kappa shape index (κ1) is 18.1. The third-order valence-corrected chi connectivity index (χ3v) is 5.31. The Kier molecular flexibility index (Phi) is 4.52. The highest BCUT2D eigenvalue weighted by molar-refractivity contribution is 8.01. The standard InChI is InChI=1S/C15H14F5N3OS/c16-14(17,18)11-3-1-10(2-4-11)13(24,7-23-9-21-8-22-23)15(19,20)25-12-5-6-12/h1-4,8-9,12,24H,5-7H2. The van der Waals surface area contributed by atoms with E-state index in [1.165, 1.54) is 0 Å². The van der Waals surface area contributed by atoms with E-state index in [2.05, 4.69) is 10.1 Å². The largest absolute Gasteiger partial charge is 0.416 e. The van der Waals surface area contributed by atoms with Gasteiger partial charge in [-0.1, -0.05) is 23.9 Å². The number of halogens is 5. The zero-order valence-electron chi connectivity index (χ0n) is 12.7. The number of aliphatic hydroxyl groups is 1. The molecule has 1 fully saturated rings. The Morgan fingerprint density at radius 1 is 1.08 bits per heavy atom. The Balaban J connectivity index is 1.97. The van der Waals surface area contributed by atoms with Gasteiger partial charge in [0.1, 0.15) is 12.7 Å². The van der Waals surface area contributed by atoms with Gasteiger partial charge < -0.3 is 5.11 Å². The lowest BCUT2D eigenvalue weighted by Gasteiger charge is -2.35. The third-order valence-electron chi connectivity index (χ3n) is 3.87. The van der Waals surface area contributed by atoms with Crippen LogP contribution in [0.1, 0.15) is 24.0 Å². The van der Waals surface area contributed by atoms with Gasteiger partial charge in [-0.25, -0.2) is 9.67 Å². The smallest absolute Gasteiger partial charge is 0.376 e. The summed E-state index contributed by atoms with van der Waals surface area (Å²) in [6.07, 6.45) is -1.07. The first-order chi connectivity index (χ1) is 11.6. The van der Waals surface area contributed by atoms with Gasteiger partial charge in [0.25, 0.3) is 0 Å². The van der Waals surface area contributed by atoms with Crippen molar-refractivity contribution in [2.24, 2.45) is 0 Å². The second-order valence-electron chi connectivity index (χ2n) is 5.86. The molecule has 3 rings (SSSR count). The number of thioether (sulfide) groups is 1. The van der Waals surface area contributed by atoms with Gasteiger partial charge >= 0.3 is 11.4 Å². The molecule has 1 atom stereocenters. The number of hydrogen-bond acceptors (Lipinski definition) is 4. The van der Waals surface area contributed by atoms with Gasteiger partial charge in [-0.15, -0.1) is 0 Å². The van der Waals surface area contributed by atoms with Crippen molar-refractivity contribution in [3.05, 3.63) is 48.0 Å². The van der Waals surface area contributed by atoms with E-state index in [1.54, 1.807) is 0 Å². The maximum Gasteiger partial charge on any atom is 0.416 e. The average molecular weight is 379 g/mol. The number of hydrogen-bond donors (Lipinski definition) is 1. The Bertz CT molecular complexity index is 716. The van der Waals surface area contributed by atoms with Gasteiger partial charge in [0.05, 0.1) is 12.1 Å². The van der Waals surface area contributed by atoms with Crippen LogP contribution in [0.2, 0.25) is 0 Å². The first-order valence-corrected chi connectivity index (χ1v) is 8.28. The van der Waals surface area contributed by atoms with E-state index >= 15 is 0 Å². The van der Waals surface area contributed by atoms with Crippen molar-refractivity contribution in [2.75, 3.05) is 0 Å². The number of benzene rings is 1. The number of aromatic nitrogens is 3. The van der Waals surface area contributed by atoms with Gasteiger partial charge in [0.2, 0.25) is 0 Å². The maximum atomic E-state index is 14.8. The lowest BCUT2D eigenvalue weighted by Crippen LogP contribution is -2.47. The van der Waals surface area contributed by atoms with Crippen LogP contribution in [0.25, 0.3) is 0 Å². The Morgan fingerprint density at radius 2 is 1.68 bits per heavy atom. The van der Waals surface area contributed by atoms with E-state index in [-0.39, 0.29) is 10.8 Å². The highest BCUT2D eigenvalue weighted by Crippen LogP contribution is 2.53. The molecule has 1 aromatic carbocycles. The fourth-order valence-electron chi connectivity index (χ4n) is 2.33. The minimum atomic E-state index is -4.59. The summed E-state index contributed by atoms with van der Waals surface area (Å²) in [6, 6.07) is 3.11. The quantitative estimate of drug-likeness (QED) is 0.778. The van der Waals surface area contributed by atoms with Crippen LogP contribution < -0.4 is 0 Å². The van der Waals surface area contributed by atoms with Crippen molar-refractivity contribution < 1.29 is 27.1 Å². The normalized spacial score (nSPS) is 18.2. The van der Waals surface area contributed by atoms with Crippen molar-refractivity contribution >= 4 is 11.8 Å². The second kappa shape index (κ2) is 6.24. The van der Waals surface area contributed by atoms with E-state index in [9.17, 15) is 27.1 Å². The summed E-state index contributed by atoms with van der Waals surface area (Å²) in [4.78, 5) is 3.64. The van der Waals surface area contributed by atoms with Crippen molar-refractivity contribution in [3.63, 3.8) is 0 Å². The van der Waals surface area contributed by atoms with E-state index in [0.29, 0.717) is 36.7 Å². The summed E-state index contributed by atoms with van der Waals surface area (Å²) in [7, 11) is 0. The molecule has 0 radical (unpaired) electrons. The lowest BCUT2D eigenvalue weighted by atomic mass is 9.92. The molecule has 0 bridgehead atoms. The van der Waals surface area contributed by atoms with Crippen molar-refractivity contribution in [2.45, 2.75) is 41.7 Å². The molecule has 1 aromatic heterocycles. The van der Waals surface area contributed by atoms with E-state index in [1.807, 2.05) is 0 Å². The highest BCUT2D eigenvalue weighted by Gasteiger charge is 2.57. The predicted molar refractivity (Wildman–Crippen MR) is 80.9 cm³/mol. The lowest BCUT2D eigenvalue weighted by molar-refractivity contribution is -0.140. The summed E-state index contributed by atoms with van der Waals surface area (Å²) in [5.41, 5.74) is -4.01. The SMILES string of the molecule is OC(Cn1cncn1)(c1ccc(C(F)(F)F)cc1)C(F)(F)SC1CC1. The van der Waals surface area contributed by atoms with Gasteiger partial charge in [0.15, 0.2) is 5.60 Å². The fraction of sp³-hybridized carbons (Fsp3) is 0.467. The van der Waals surface area contributed by atoms with Crippen LogP contribution in [-0.4, -0.2) is 30.4 Å². The zero-order valence-corrected chi connectivity index (χ0v) is 13.6. The molecule has 0 spiro atoms. The highest BCUT2D eigenvalue weighted by atomic mass is 32.2. The van der Waals surface area contributed by atoms with Crippen LogP contribution in [0.3, 0.4) is 0 Å². The minimum absolute atomic E-state index is 0.272. The van der Waals surface area contributed by atoms with Crippen LogP contribution in [0.15, 0.2) is 36.9 Å². The van der Waals surface area contributed by atoms with Crippen molar-refractivity contribution in [3.8, 4) is 0 Å². The summed E-state index contributed by atoms with van der Waals surface area (Å²) in [5.74, 6) is 0. The summed E-state index contributed by atoms with van der Waals surface area (Å²) >= 11 is 0.334. The number of rotatable bonds is 6. The Morgan fingerprint density at radius 3 is 2.16 bits per heavy atom. The van der Waals surface area contributed by atoms with Crippen molar-refractivity contribution in [1.29, 1.82) is 0 Å². The fourth-order valence-corrected chi connectivity index (χ4v) is 3.50. The monoisotopic (exact) mass is 379 g/mol. The Labute approximate surface area is 144 Å². The van der Waals surface area contributed by atoms with Crippen LogP contribution in [0, 0.1) is 0 Å². The molecule has 1 aliphatic carbocycles. The van der Waals surface area contributed by atoms with E-state index < -0.39 is 29.1 Å². The van der Waals surface area contributed by atoms with E-state index in [0.717, 1.165) is 29.5 Å². The molecular formula is C15H14F5N3OS. The molecule has 1 N–H and O–H groups in total. The number of alkyl halides is 5. The van der Waals surface area contributed by atoms with Gasteiger partial charge in [-0.3, -0.25) is 0 Å². The molecule has 1 aliphatic rings. The van der Waals surface area contributed by atoms with Gasteiger partial charge in [0, 0.05) is 5.25 Å². The molecular weight excluding hydrogens is 365 g/mol. The Hall–Kier alpha value is -1.68. The zero-order chi connectivity index (χ0) is 18.3. The minimum Gasteiger partial charge on any atom is -0.376 e. The molecule has 25 heavy (non-hydrogen) atoms. The van der Waals surface area contributed by atoms with Crippen molar-refractivity contribution in [1.82, 2.24) is 14.8 Å². The second-order valence-corrected chi connectivity index (χ2v) is 7.28. The molecule has 0 saturated heterocycles. The van der Waals surface area contributed by atoms with Crippen LogP contribution in [0.4, 0.5) is 22.0 Å². The third kappa shape index (κ3) is 3.79. The van der Waals surface area contributed by atoms with Gasteiger partial charge in [-0.05, 0) is 30.5 Å². The van der Waals surface area contributed by atoms with Crippen LogP contribution in [0.5, 0.6) is 0 Å². The molecule has 10 heteroatoms. The molecule has 0 amide bonds. The molecule has 2 aromatic rings. The summed E-state index contributed by atoms with van der Waals surface area (Å²) in [5, 5.41) is 10.6. The molecule has 1 heterocycles. The predicted octanol–water partition coefficient (Wildman–Crippen LogP) is 3.67. The maximum absolute atomic E-state index is 14.8. The first-order valence-electron chi connectivity index (χ1n) is 7.40. The topological polar surface area (TPSA) is 50.9 Å². The molecule has 1 saturated carbocycles. The average Bonchev–Trinajstić information content (AvgIpc) is 3.18. The molecule has 136 valence electrons. The van der Waals surface area contributed by atoms with Crippen LogP contribution in [-0.2, 0) is 18.3 Å². The summed E-state index contributed by atoms with van der Waals surface area (Å²) < 4.78 is 68.7. The van der Waals surface area contributed by atoms with E-state index in [4.69, 9.17) is 0 Å². The van der Waals surface area contributed by atoms with Gasteiger partial charge in [-0.2, -0.15) is 27.1 Å². The number of nitrogens with zero attached hydrogens (tertiary/aromatic N) is 3. The molecule has 4 nitrogen and oxygen atoms in total. The molecule has 0 aliphatic heterocycles. The van der Waals surface area contributed by atoms with Crippen LogP contribution >= 0.6 is 11.8 Å². The summed E-state index contributed by atoms with van der Waals surface area (Å²) in [6.45, 7) is -0.634.